The van der Waals surface area contributed by atoms with E-state index in [-0.39, 0.29) is 34.8 Å². The SMILES string of the molecule is NS(=O)(=O)c1ccc(N2C(=O)CC(N(Cc3ccccc3)C(=O)c3ccc([N+](=O)[O-])cc3)C2=O)cc1. The van der Waals surface area contributed by atoms with E-state index in [0.717, 1.165) is 4.90 Å². The first-order valence-corrected chi connectivity index (χ1v) is 12.2. The van der Waals surface area contributed by atoms with Crippen molar-refractivity contribution >= 4 is 39.1 Å². The van der Waals surface area contributed by atoms with Gasteiger partial charge in [0, 0.05) is 24.2 Å². The van der Waals surface area contributed by atoms with Gasteiger partial charge >= 0.3 is 0 Å². The number of benzene rings is 3. The number of nitro benzene ring substituents is 1. The van der Waals surface area contributed by atoms with Crippen LogP contribution in [0.25, 0.3) is 0 Å². The van der Waals surface area contributed by atoms with Crippen molar-refractivity contribution < 1.29 is 27.7 Å². The molecule has 1 atom stereocenters. The third-order valence-electron chi connectivity index (χ3n) is 5.70. The van der Waals surface area contributed by atoms with Crippen molar-refractivity contribution in [2.75, 3.05) is 4.90 Å². The number of nitrogens with zero attached hydrogens (tertiary/aromatic N) is 3. The Kier molecular flexibility index (Phi) is 6.64. The summed E-state index contributed by atoms with van der Waals surface area (Å²) in [4.78, 5) is 52.1. The van der Waals surface area contributed by atoms with Crippen molar-refractivity contribution in [3.8, 4) is 0 Å². The monoisotopic (exact) mass is 508 g/mol. The van der Waals surface area contributed by atoms with Crippen LogP contribution in [-0.2, 0) is 26.2 Å². The highest BCUT2D eigenvalue weighted by atomic mass is 32.2. The Labute approximate surface area is 205 Å². The first-order chi connectivity index (χ1) is 17.1. The van der Waals surface area contributed by atoms with Crippen LogP contribution in [0, 0.1) is 10.1 Å². The lowest BCUT2D eigenvalue weighted by Crippen LogP contribution is -2.45. The highest BCUT2D eigenvalue weighted by Gasteiger charge is 2.44. The summed E-state index contributed by atoms with van der Waals surface area (Å²) in [5.41, 5.74) is 0.779. The molecular formula is C24H20N4O7S. The summed E-state index contributed by atoms with van der Waals surface area (Å²) in [7, 11) is -3.96. The molecule has 0 radical (unpaired) electrons. The van der Waals surface area contributed by atoms with Crippen LogP contribution in [0.2, 0.25) is 0 Å². The predicted molar refractivity (Wildman–Crippen MR) is 128 cm³/mol. The van der Waals surface area contributed by atoms with Gasteiger partial charge in [-0.2, -0.15) is 0 Å². The standard InChI is InChI=1S/C24H20N4O7S/c25-36(34,35)20-12-10-18(11-13-20)27-22(29)14-21(24(27)31)26(15-16-4-2-1-3-5-16)23(30)17-6-8-19(9-7-17)28(32)33/h1-13,21H,14-15H2,(H2,25,34,35). The predicted octanol–water partition coefficient (Wildman–Crippen LogP) is 2.22. The Morgan fingerprint density at radius 2 is 1.61 bits per heavy atom. The maximum absolute atomic E-state index is 13.5. The van der Waals surface area contributed by atoms with Crippen LogP contribution >= 0.6 is 0 Å². The van der Waals surface area contributed by atoms with Gasteiger partial charge < -0.3 is 4.90 Å². The fraction of sp³-hybridized carbons (Fsp3) is 0.125. The van der Waals surface area contributed by atoms with Crippen molar-refractivity contribution in [3.05, 3.63) is 100 Å². The number of sulfonamides is 1. The zero-order chi connectivity index (χ0) is 26.0. The number of nitrogens with two attached hydrogens (primary N) is 1. The lowest BCUT2D eigenvalue weighted by Gasteiger charge is -2.28. The van der Waals surface area contributed by atoms with Crippen LogP contribution in [0.4, 0.5) is 11.4 Å². The number of rotatable bonds is 7. The zero-order valence-electron chi connectivity index (χ0n) is 18.7. The lowest BCUT2D eigenvalue weighted by molar-refractivity contribution is -0.384. The number of carbonyl (C=O) groups is 3. The number of amides is 3. The molecule has 1 saturated heterocycles. The molecule has 3 aromatic carbocycles. The van der Waals surface area contributed by atoms with Crippen molar-refractivity contribution in [1.82, 2.24) is 4.90 Å². The average Bonchev–Trinajstić information content (AvgIpc) is 3.15. The van der Waals surface area contributed by atoms with Gasteiger partial charge in [0.15, 0.2) is 0 Å². The molecule has 3 amide bonds. The van der Waals surface area contributed by atoms with Crippen molar-refractivity contribution in [2.45, 2.75) is 23.9 Å². The summed E-state index contributed by atoms with van der Waals surface area (Å²) in [6.07, 6.45) is -0.290. The highest BCUT2D eigenvalue weighted by Crippen LogP contribution is 2.29. The number of hydrogen-bond acceptors (Lipinski definition) is 7. The second-order valence-corrected chi connectivity index (χ2v) is 9.61. The molecule has 0 saturated carbocycles. The van der Waals surface area contributed by atoms with E-state index < -0.39 is 38.7 Å². The van der Waals surface area contributed by atoms with Crippen LogP contribution in [0.1, 0.15) is 22.3 Å². The number of nitro groups is 1. The third kappa shape index (κ3) is 4.99. The number of primary sulfonamides is 1. The summed E-state index contributed by atoms with van der Waals surface area (Å²) in [6.45, 7) is 0.0124. The Morgan fingerprint density at radius 3 is 2.17 bits per heavy atom. The largest absolute Gasteiger partial charge is 0.322 e. The Bertz CT molecular complexity index is 1440. The van der Waals surface area contributed by atoms with Gasteiger partial charge in [-0.15, -0.1) is 0 Å². The van der Waals surface area contributed by atoms with Gasteiger partial charge in [-0.05, 0) is 42.0 Å². The first-order valence-electron chi connectivity index (χ1n) is 10.7. The number of anilines is 1. The molecule has 2 N–H and O–H groups in total. The van der Waals surface area contributed by atoms with Crippen molar-refractivity contribution in [2.24, 2.45) is 5.14 Å². The Morgan fingerprint density at radius 1 is 1.00 bits per heavy atom. The van der Waals surface area contributed by atoms with Gasteiger partial charge in [-0.1, -0.05) is 30.3 Å². The molecule has 12 heteroatoms. The molecule has 0 aromatic heterocycles. The summed E-state index contributed by atoms with van der Waals surface area (Å²) < 4.78 is 23.1. The number of hydrogen-bond donors (Lipinski definition) is 1. The molecule has 0 aliphatic carbocycles. The van der Waals surface area contributed by atoms with E-state index in [1.165, 1.54) is 53.4 Å². The minimum absolute atomic E-state index is 0.0124. The molecule has 0 bridgehead atoms. The molecule has 0 spiro atoms. The normalized spacial score (nSPS) is 15.7. The van der Waals surface area contributed by atoms with Crippen LogP contribution in [0.5, 0.6) is 0 Å². The van der Waals surface area contributed by atoms with E-state index in [1.54, 1.807) is 30.3 Å². The molecule has 184 valence electrons. The number of non-ortho nitro benzene ring substituents is 1. The van der Waals surface area contributed by atoms with Gasteiger partial charge in [0.1, 0.15) is 6.04 Å². The summed E-state index contributed by atoms with van der Waals surface area (Å²) >= 11 is 0. The molecule has 1 heterocycles. The van der Waals surface area contributed by atoms with E-state index in [0.29, 0.717) is 5.56 Å². The molecule has 11 nitrogen and oxygen atoms in total. The van der Waals surface area contributed by atoms with Crippen LogP contribution in [0.15, 0.2) is 83.8 Å². The van der Waals surface area contributed by atoms with Crippen LogP contribution in [0.3, 0.4) is 0 Å². The zero-order valence-corrected chi connectivity index (χ0v) is 19.5. The minimum Gasteiger partial charge on any atom is -0.322 e. The van der Waals surface area contributed by atoms with Crippen molar-refractivity contribution in [3.63, 3.8) is 0 Å². The highest BCUT2D eigenvalue weighted by molar-refractivity contribution is 7.89. The first kappa shape index (κ1) is 24.7. The van der Waals surface area contributed by atoms with E-state index in [2.05, 4.69) is 0 Å². The topological polar surface area (TPSA) is 161 Å². The maximum Gasteiger partial charge on any atom is 0.269 e. The molecule has 1 fully saturated rings. The van der Waals surface area contributed by atoms with Gasteiger partial charge in [-0.3, -0.25) is 24.5 Å². The Hall–Kier alpha value is -4.42. The smallest absolute Gasteiger partial charge is 0.269 e. The van der Waals surface area contributed by atoms with Gasteiger partial charge in [-0.25, -0.2) is 18.5 Å². The molecular weight excluding hydrogens is 488 g/mol. The van der Waals surface area contributed by atoms with E-state index >= 15 is 0 Å². The summed E-state index contributed by atoms with van der Waals surface area (Å²) in [6, 6.07) is 17.6. The van der Waals surface area contributed by atoms with Gasteiger partial charge in [0.25, 0.3) is 17.5 Å². The minimum atomic E-state index is -3.96. The second-order valence-electron chi connectivity index (χ2n) is 8.05. The van der Waals surface area contributed by atoms with Gasteiger partial charge in [0.2, 0.25) is 15.9 Å². The number of carbonyl (C=O) groups excluding carboxylic acids is 3. The molecule has 4 rings (SSSR count). The molecule has 3 aromatic rings. The average molecular weight is 509 g/mol. The molecule has 1 aliphatic rings. The summed E-state index contributed by atoms with van der Waals surface area (Å²) in [5, 5.41) is 16.1. The molecule has 36 heavy (non-hydrogen) atoms. The second kappa shape index (κ2) is 9.68. The maximum atomic E-state index is 13.5. The molecule has 1 unspecified atom stereocenters. The van der Waals surface area contributed by atoms with E-state index in [1.807, 2.05) is 0 Å². The van der Waals surface area contributed by atoms with Crippen molar-refractivity contribution in [1.29, 1.82) is 0 Å². The van der Waals surface area contributed by atoms with E-state index in [4.69, 9.17) is 5.14 Å². The fourth-order valence-corrected chi connectivity index (χ4v) is 4.43. The quantitative estimate of drug-likeness (QED) is 0.291. The fourth-order valence-electron chi connectivity index (χ4n) is 3.91. The number of imide groups is 1. The molecule has 1 aliphatic heterocycles. The Balaban J connectivity index is 1.67. The van der Waals surface area contributed by atoms with Crippen LogP contribution in [-0.4, -0.2) is 42.0 Å². The van der Waals surface area contributed by atoms with Crippen LogP contribution < -0.4 is 10.0 Å². The van der Waals surface area contributed by atoms with E-state index in [9.17, 15) is 32.9 Å². The summed E-state index contributed by atoms with van der Waals surface area (Å²) in [5.74, 6) is -1.80. The third-order valence-corrected chi connectivity index (χ3v) is 6.63. The lowest BCUT2D eigenvalue weighted by atomic mass is 10.1. The van der Waals surface area contributed by atoms with Gasteiger partial charge in [0.05, 0.1) is 21.9 Å².